The standard InChI is InChI=1S/C22H26N8.Pt/c1-19(2)11-9-12-20(3,4)29-17(24-12)18-26-14(22(7,8)30-18)10-13-21(5,6)28-16(25-13)15(23-11)27-19;/h9-10H,1-8H3;/q-2;+2/b11-9-,14-10-;. The summed E-state index contributed by atoms with van der Waals surface area (Å²) in [5.41, 5.74) is 1.30. The monoisotopic (exact) mass is 597 g/mol. The first kappa shape index (κ1) is 22.0. The van der Waals surface area contributed by atoms with E-state index >= 15 is 0 Å². The van der Waals surface area contributed by atoms with Crippen LogP contribution in [0.3, 0.4) is 0 Å². The van der Waals surface area contributed by atoms with Crippen molar-refractivity contribution >= 4 is 34.8 Å². The van der Waals surface area contributed by atoms with Gasteiger partial charge >= 0.3 is 21.1 Å². The van der Waals surface area contributed by atoms with Crippen molar-refractivity contribution in [3.8, 4) is 0 Å². The van der Waals surface area contributed by atoms with Gasteiger partial charge < -0.3 is 20.6 Å². The average molecular weight is 598 g/mol. The Morgan fingerprint density at radius 1 is 0.548 bits per heavy atom. The van der Waals surface area contributed by atoms with Crippen LogP contribution in [0.4, 0.5) is 0 Å². The summed E-state index contributed by atoms with van der Waals surface area (Å²) >= 11 is 0. The van der Waals surface area contributed by atoms with E-state index in [0.717, 1.165) is 22.8 Å². The molecule has 8 nitrogen and oxygen atoms in total. The Labute approximate surface area is 197 Å². The Balaban J connectivity index is 0.00000231. The minimum Gasteiger partial charge on any atom is -0.452 e. The van der Waals surface area contributed by atoms with Crippen molar-refractivity contribution in [2.75, 3.05) is 0 Å². The van der Waals surface area contributed by atoms with Crippen molar-refractivity contribution in [1.29, 1.82) is 0 Å². The maximum absolute atomic E-state index is 4.83. The van der Waals surface area contributed by atoms with E-state index in [-0.39, 0.29) is 21.1 Å². The van der Waals surface area contributed by atoms with Crippen molar-refractivity contribution in [3.63, 3.8) is 0 Å². The molecule has 5 aliphatic rings. The molecule has 31 heavy (non-hydrogen) atoms. The summed E-state index contributed by atoms with van der Waals surface area (Å²) in [6, 6.07) is 0. The largest absolute Gasteiger partial charge is 2.00 e. The molecule has 8 bridgehead atoms. The van der Waals surface area contributed by atoms with Gasteiger partial charge in [0.15, 0.2) is 0 Å². The Morgan fingerprint density at radius 2 is 0.903 bits per heavy atom. The topological polar surface area (TPSA) is 102 Å². The smallest absolute Gasteiger partial charge is 0.452 e. The van der Waals surface area contributed by atoms with Gasteiger partial charge in [-0.15, -0.1) is 0 Å². The van der Waals surface area contributed by atoms with Crippen molar-refractivity contribution in [2.24, 2.45) is 30.0 Å². The molecule has 0 aromatic heterocycles. The molecule has 9 heteroatoms. The molecule has 5 aliphatic heterocycles. The number of fused-ring (bicyclic) bond motifs is 8. The van der Waals surface area contributed by atoms with Crippen molar-refractivity contribution in [3.05, 3.63) is 34.2 Å². The number of hydrogen-bond acceptors (Lipinski definition) is 6. The van der Waals surface area contributed by atoms with E-state index in [1.807, 2.05) is 67.5 Å². The second kappa shape index (κ2) is 6.41. The first-order valence-corrected chi connectivity index (χ1v) is 10.2. The molecule has 0 saturated carbocycles. The quantitative estimate of drug-likeness (QED) is 0.401. The summed E-state index contributed by atoms with van der Waals surface area (Å²) in [7, 11) is 0. The van der Waals surface area contributed by atoms with E-state index in [9.17, 15) is 0 Å². The SMILES string of the molecule is CC1(C)N=C2N=C1/C=C1\[N-]C(=NC1(C)C)C1=NC(C)(C)C(=N1)/C=C1\[N-]C2=NC1(C)C.[Pt+2]. The van der Waals surface area contributed by atoms with Crippen LogP contribution in [0.25, 0.3) is 10.6 Å². The summed E-state index contributed by atoms with van der Waals surface area (Å²) < 4.78 is 0. The fourth-order valence-electron chi connectivity index (χ4n) is 3.89. The predicted molar refractivity (Wildman–Crippen MR) is 124 cm³/mol. The van der Waals surface area contributed by atoms with E-state index in [0.29, 0.717) is 23.3 Å². The molecule has 0 spiro atoms. The number of amidine groups is 4. The summed E-state index contributed by atoms with van der Waals surface area (Å²) in [6.45, 7) is 16.3. The number of nitrogens with zero attached hydrogens (tertiary/aromatic N) is 8. The average Bonchev–Trinajstić information content (AvgIpc) is 3.25. The fraction of sp³-hybridized carbons (Fsp3) is 0.545. The second-order valence-electron chi connectivity index (χ2n) is 10.3. The normalized spacial score (nSPS) is 31.0. The zero-order chi connectivity index (χ0) is 21.7. The summed E-state index contributed by atoms with van der Waals surface area (Å²) in [5.74, 6) is 2.23. The third-order valence-corrected chi connectivity index (χ3v) is 5.90. The van der Waals surface area contributed by atoms with Crippen LogP contribution < -0.4 is 0 Å². The molecule has 0 unspecified atom stereocenters. The van der Waals surface area contributed by atoms with Crippen molar-refractivity contribution in [1.82, 2.24) is 0 Å². The third-order valence-electron chi connectivity index (χ3n) is 5.90. The fourth-order valence-corrected chi connectivity index (χ4v) is 3.89. The van der Waals surface area contributed by atoms with Crippen LogP contribution in [0, 0.1) is 0 Å². The molecule has 0 aliphatic carbocycles. The van der Waals surface area contributed by atoms with Crippen LogP contribution in [0.5, 0.6) is 0 Å². The Bertz CT molecular complexity index is 1050. The third kappa shape index (κ3) is 3.39. The molecule has 0 saturated heterocycles. The second-order valence-corrected chi connectivity index (χ2v) is 10.3. The van der Waals surface area contributed by atoms with Crippen LogP contribution in [-0.4, -0.2) is 56.9 Å². The molecule has 0 radical (unpaired) electrons. The molecule has 0 aromatic carbocycles. The first-order valence-electron chi connectivity index (χ1n) is 10.2. The summed E-state index contributed by atoms with van der Waals surface area (Å²) in [6.07, 6.45) is 3.98. The molecule has 164 valence electrons. The van der Waals surface area contributed by atoms with Crippen LogP contribution in [0.2, 0.25) is 0 Å². The Hall–Kier alpha value is -2.21. The van der Waals surface area contributed by atoms with E-state index in [2.05, 4.69) is 0 Å². The predicted octanol–water partition coefficient (Wildman–Crippen LogP) is 4.16. The molecular weight excluding hydrogens is 571 g/mol. The summed E-state index contributed by atoms with van der Waals surface area (Å²) in [4.78, 5) is 28.9. The molecule has 0 amide bonds. The van der Waals surface area contributed by atoms with Crippen molar-refractivity contribution < 1.29 is 21.1 Å². The molecule has 5 rings (SSSR count). The maximum atomic E-state index is 4.83. The molecule has 0 fully saturated rings. The Kier molecular flexibility index (Phi) is 4.55. The molecule has 0 aromatic rings. The Morgan fingerprint density at radius 3 is 1.26 bits per heavy atom. The minimum absolute atomic E-state index is 0. The maximum Gasteiger partial charge on any atom is 2.00 e. The zero-order valence-electron chi connectivity index (χ0n) is 19.0. The van der Waals surface area contributed by atoms with Crippen LogP contribution in [0.15, 0.2) is 53.5 Å². The van der Waals surface area contributed by atoms with Gasteiger partial charge in [0.1, 0.15) is 11.7 Å². The van der Waals surface area contributed by atoms with Gasteiger partial charge in [0.25, 0.3) is 0 Å². The number of hydrogen-bond donors (Lipinski definition) is 0. The van der Waals surface area contributed by atoms with Gasteiger partial charge in [-0.25, -0.2) is 9.98 Å². The van der Waals surface area contributed by atoms with E-state index < -0.39 is 22.2 Å². The zero-order valence-corrected chi connectivity index (χ0v) is 21.3. The van der Waals surface area contributed by atoms with Crippen LogP contribution in [0.1, 0.15) is 55.4 Å². The minimum atomic E-state index is -0.497. The van der Waals surface area contributed by atoms with E-state index in [4.69, 9.17) is 40.6 Å². The van der Waals surface area contributed by atoms with Crippen LogP contribution in [-0.2, 0) is 21.1 Å². The van der Waals surface area contributed by atoms with Crippen molar-refractivity contribution in [2.45, 2.75) is 77.5 Å². The van der Waals surface area contributed by atoms with Gasteiger partial charge in [-0.05, 0) is 62.6 Å². The molecule has 0 N–H and O–H groups in total. The summed E-state index contributed by atoms with van der Waals surface area (Å²) in [5, 5.41) is 9.61. The first-order chi connectivity index (χ1) is 13.8. The number of rotatable bonds is 0. The van der Waals surface area contributed by atoms with Gasteiger partial charge in [0.2, 0.25) is 0 Å². The van der Waals surface area contributed by atoms with Gasteiger partial charge in [0.05, 0.1) is 22.5 Å². The number of aliphatic imine (C=N–C) groups is 6. The van der Waals surface area contributed by atoms with Gasteiger partial charge in [-0.2, -0.15) is 0 Å². The van der Waals surface area contributed by atoms with E-state index in [1.165, 1.54) is 0 Å². The molecule has 0 atom stereocenters. The molecule has 5 heterocycles. The van der Waals surface area contributed by atoms with Crippen LogP contribution >= 0.6 is 0 Å². The van der Waals surface area contributed by atoms with Gasteiger partial charge in [-0.1, -0.05) is 39.1 Å². The van der Waals surface area contributed by atoms with Gasteiger partial charge in [-0.3, -0.25) is 9.98 Å². The van der Waals surface area contributed by atoms with Gasteiger partial charge in [0, 0.05) is 0 Å². The molecular formula is C22H26N8Pt. The van der Waals surface area contributed by atoms with E-state index in [1.54, 1.807) is 0 Å².